The van der Waals surface area contributed by atoms with E-state index in [9.17, 15) is 0 Å². The quantitative estimate of drug-likeness (QED) is 0.490. The highest BCUT2D eigenvalue weighted by Crippen LogP contribution is 2.38. The van der Waals surface area contributed by atoms with Crippen LogP contribution in [0, 0.1) is 0 Å². The van der Waals surface area contributed by atoms with Crippen molar-refractivity contribution in [3.63, 3.8) is 0 Å². The van der Waals surface area contributed by atoms with Crippen molar-refractivity contribution in [2.24, 2.45) is 0 Å². The molecule has 5 heteroatoms. The van der Waals surface area contributed by atoms with Crippen LogP contribution >= 0.6 is 0 Å². The summed E-state index contributed by atoms with van der Waals surface area (Å²) in [6.07, 6.45) is 5.63. The summed E-state index contributed by atoms with van der Waals surface area (Å²) in [6.45, 7) is 4.08. The molecule has 0 aliphatic carbocycles. The van der Waals surface area contributed by atoms with Crippen LogP contribution in [0.1, 0.15) is 11.1 Å². The highest BCUT2D eigenvalue weighted by Gasteiger charge is 2.12. The van der Waals surface area contributed by atoms with E-state index in [1.165, 1.54) is 0 Å². The van der Waals surface area contributed by atoms with Crippen molar-refractivity contribution in [1.29, 1.82) is 0 Å². The van der Waals surface area contributed by atoms with Crippen molar-refractivity contribution in [2.75, 3.05) is 35.0 Å². The van der Waals surface area contributed by atoms with Gasteiger partial charge in [0.2, 0.25) is 5.75 Å². The Balaban J connectivity index is 2.33. The van der Waals surface area contributed by atoms with Gasteiger partial charge in [-0.25, -0.2) is 0 Å². The zero-order valence-electron chi connectivity index (χ0n) is 15.6. The Morgan fingerprint density at radius 3 is 1.85 bits per heavy atom. The van der Waals surface area contributed by atoms with Gasteiger partial charge in [-0.05, 0) is 35.4 Å². The zero-order valence-corrected chi connectivity index (χ0v) is 15.6. The molecule has 0 fully saturated rings. The van der Waals surface area contributed by atoms with E-state index in [1.54, 1.807) is 34.5 Å². The molecule has 2 rings (SSSR count). The van der Waals surface area contributed by atoms with Gasteiger partial charge >= 0.3 is 0 Å². The molecule has 2 aromatic rings. The van der Waals surface area contributed by atoms with Crippen molar-refractivity contribution in [3.05, 3.63) is 54.1 Å². The third-order valence-electron chi connectivity index (χ3n) is 3.70. The lowest BCUT2D eigenvalue weighted by Gasteiger charge is -2.13. The van der Waals surface area contributed by atoms with Gasteiger partial charge in [0.25, 0.3) is 0 Å². The second-order valence-electron chi connectivity index (χ2n) is 5.30. The number of hydrogen-bond acceptors (Lipinski definition) is 5. The SMILES string of the molecule is C=CCOc1cc(/C=C\c2cc(OC)c(OC)c(OC)c2)ccc1OC. The molecule has 0 spiro atoms. The van der Waals surface area contributed by atoms with Gasteiger partial charge in [0.1, 0.15) is 6.61 Å². The summed E-state index contributed by atoms with van der Waals surface area (Å²) in [4.78, 5) is 0. The third-order valence-corrected chi connectivity index (χ3v) is 3.70. The molecule has 0 atom stereocenters. The lowest BCUT2D eigenvalue weighted by molar-refractivity contribution is 0.324. The summed E-state index contributed by atoms with van der Waals surface area (Å²) in [6, 6.07) is 9.51. The van der Waals surface area contributed by atoms with E-state index in [-0.39, 0.29) is 0 Å². The van der Waals surface area contributed by atoms with E-state index in [0.29, 0.717) is 35.4 Å². The topological polar surface area (TPSA) is 46.2 Å². The molecule has 26 heavy (non-hydrogen) atoms. The normalized spacial score (nSPS) is 10.5. The summed E-state index contributed by atoms with van der Waals surface area (Å²) >= 11 is 0. The summed E-state index contributed by atoms with van der Waals surface area (Å²) in [5.74, 6) is 3.13. The minimum absolute atomic E-state index is 0.413. The fourth-order valence-corrected chi connectivity index (χ4v) is 2.45. The van der Waals surface area contributed by atoms with E-state index in [4.69, 9.17) is 23.7 Å². The van der Waals surface area contributed by atoms with Crippen LogP contribution in [0.5, 0.6) is 28.7 Å². The second-order valence-corrected chi connectivity index (χ2v) is 5.30. The van der Waals surface area contributed by atoms with Gasteiger partial charge in [-0.3, -0.25) is 0 Å². The minimum atomic E-state index is 0.413. The Kier molecular flexibility index (Phi) is 6.97. The standard InChI is InChI=1S/C21H24O5/c1-6-11-26-18-12-15(9-10-17(18)22-2)7-8-16-13-19(23-3)21(25-5)20(14-16)24-4/h6-10,12-14H,1,11H2,2-5H3/b8-7-. The molecular weight excluding hydrogens is 332 g/mol. The highest BCUT2D eigenvalue weighted by molar-refractivity contribution is 5.73. The maximum atomic E-state index is 5.64. The van der Waals surface area contributed by atoms with Crippen molar-refractivity contribution >= 4 is 12.2 Å². The fourth-order valence-electron chi connectivity index (χ4n) is 2.45. The first kappa shape index (κ1) is 19.2. The molecule has 0 aliphatic rings. The second kappa shape index (κ2) is 9.42. The smallest absolute Gasteiger partial charge is 0.203 e. The van der Waals surface area contributed by atoms with Crippen molar-refractivity contribution in [2.45, 2.75) is 0 Å². The molecule has 0 heterocycles. The van der Waals surface area contributed by atoms with Crippen LogP contribution in [0.2, 0.25) is 0 Å². The number of benzene rings is 2. The number of ether oxygens (including phenoxy) is 5. The first-order valence-corrected chi connectivity index (χ1v) is 8.06. The Morgan fingerprint density at radius 1 is 0.731 bits per heavy atom. The molecule has 0 amide bonds. The largest absolute Gasteiger partial charge is 0.493 e. The third kappa shape index (κ3) is 4.51. The average molecular weight is 356 g/mol. The molecule has 0 aliphatic heterocycles. The van der Waals surface area contributed by atoms with Gasteiger partial charge in [-0.1, -0.05) is 30.9 Å². The monoisotopic (exact) mass is 356 g/mol. The van der Waals surface area contributed by atoms with Crippen LogP contribution in [-0.2, 0) is 0 Å². The van der Waals surface area contributed by atoms with Crippen LogP contribution in [0.3, 0.4) is 0 Å². The van der Waals surface area contributed by atoms with E-state index in [0.717, 1.165) is 11.1 Å². The molecule has 0 aromatic heterocycles. The minimum Gasteiger partial charge on any atom is -0.493 e. The van der Waals surface area contributed by atoms with Crippen LogP contribution < -0.4 is 23.7 Å². The zero-order chi connectivity index (χ0) is 18.9. The molecule has 0 radical (unpaired) electrons. The summed E-state index contributed by atoms with van der Waals surface area (Å²) in [5.41, 5.74) is 1.89. The van der Waals surface area contributed by atoms with Gasteiger partial charge in [0.05, 0.1) is 28.4 Å². The van der Waals surface area contributed by atoms with Gasteiger partial charge in [-0.2, -0.15) is 0 Å². The van der Waals surface area contributed by atoms with E-state index in [1.807, 2.05) is 42.5 Å². The van der Waals surface area contributed by atoms with Crippen molar-refractivity contribution < 1.29 is 23.7 Å². The molecule has 2 aromatic carbocycles. The lowest BCUT2D eigenvalue weighted by Crippen LogP contribution is -1.96. The molecule has 138 valence electrons. The van der Waals surface area contributed by atoms with Gasteiger partial charge in [0.15, 0.2) is 23.0 Å². The van der Waals surface area contributed by atoms with E-state index < -0.39 is 0 Å². The van der Waals surface area contributed by atoms with E-state index in [2.05, 4.69) is 6.58 Å². The van der Waals surface area contributed by atoms with Crippen molar-refractivity contribution in [3.8, 4) is 28.7 Å². The predicted octanol–water partition coefficient (Wildman–Crippen LogP) is 4.46. The van der Waals surface area contributed by atoms with Crippen LogP contribution in [-0.4, -0.2) is 35.0 Å². The maximum absolute atomic E-state index is 5.64. The first-order chi connectivity index (χ1) is 12.7. The summed E-state index contributed by atoms with van der Waals surface area (Å²) in [7, 11) is 6.38. The number of methoxy groups -OCH3 is 4. The summed E-state index contributed by atoms with van der Waals surface area (Å²) in [5, 5.41) is 0. The van der Waals surface area contributed by atoms with E-state index >= 15 is 0 Å². The Bertz CT molecular complexity index is 755. The molecular formula is C21H24O5. The number of rotatable bonds is 9. The van der Waals surface area contributed by atoms with Gasteiger partial charge in [-0.15, -0.1) is 0 Å². The van der Waals surface area contributed by atoms with Crippen LogP contribution in [0.15, 0.2) is 43.0 Å². The molecule has 0 bridgehead atoms. The van der Waals surface area contributed by atoms with Crippen molar-refractivity contribution in [1.82, 2.24) is 0 Å². The summed E-state index contributed by atoms with van der Waals surface area (Å²) < 4.78 is 27.1. The molecule has 0 saturated carbocycles. The molecule has 5 nitrogen and oxygen atoms in total. The number of hydrogen-bond donors (Lipinski definition) is 0. The Morgan fingerprint density at radius 2 is 1.31 bits per heavy atom. The highest BCUT2D eigenvalue weighted by atomic mass is 16.5. The maximum Gasteiger partial charge on any atom is 0.203 e. The Hall–Kier alpha value is -3.08. The molecule has 0 N–H and O–H groups in total. The molecule has 0 unspecified atom stereocenters. The first-order valence-electron chi connectivity index (χ1n) is 8.06. The predicted molar refractivity (Wildman–Crippen MR) is 104 cm³/mol. The van der Waals surface area contributed by atoms with Gasteiger partial charge in [0, 0.05) is 0 Å². The van der Waals surface area contributed by atoms with Gasteiger partial charge < -0.3 is 23.7 Å². The van der Waals surface area contributed by atoms with Crippen LogP contribution in [0.4, 0.5) is 0 Å². The average Bonchev–Trinajstić information content (AvgIpc) is 2.69. The lowest BCUT2D eigenvalue weighted by atomic mass is 10.1. The Labute approximate surface area is 154 Å². The van der Waals surface area contributed by atoms with Crippen LogP contribution in [0.25, 0.3) is 12.2 Å². The molecule has 0 saturated heterocycles. The fraction of sp³-hybridized carbons (Fsp3) is 0.238.